The summed E-state index contributed by atoms with van der Waals surface area (Å²) in [7, 11) is 0. The molecule has 6 heteroatoms. The number of carboxylic acids is 1. The Labute approximate surface area is 110 Å². The van der Waals surface area contributed by atoms with Gasteiger partial charge >= 0.3 is 17.8 Å². The zero-order valence-electron chi connectivity index (χ0n) is 10.8. The van der Waals surface area contributed by atoms with Crippen LogP contribution in [0.15, 0.2) is 24.3 Å². The van der Waals surface area contributed by atoms with Gasteiger partial charge in [0.15, 0.2) is 0 Å². The lowest BCUT2D eigenvalue weighted by atomic mass is 10.2. The summed E-state index contributed by atoms with van der Waals surface area (Å²) in [4.78, 5) is 33.5. The molecule has 102 valence electrons. The highest BCUT2D eigenvalue weighted by molar-refractivity contribution is 6.39. The first-order valence-corrected chi connectivity index (χ1v) is 5.79. The van der Waals surface area contributed by atoms with Gasteiger partial charge in [0.2, 0.25) is 0 Å². The molecule has 0 saturated carbocycles. The molecule has 0 aliphatic rings. The van der Waals surface area contributed by atoms with Crippen molar-refractivity contribution in [1.82, 2.24) is 5.32 Å². The van der Waals surface area contributed by atoms with Gasteiger partial charge in [-0.15, -0.1) is 0 Å². The van der Waals surface area contributed by atoms with Gasteiger partial charge in [-0.2, -0.15) is 0 Å². The number of hydrogen-bond acceptors (Lipinski definition) is 3. The van der Waals surface area contributed by atoms with Crippen LogP contribution in [-0.4, -0.2) is 28.9 Å². The average molecular weight is 264 g/mol. The summed E-state index contributed by atoms with van der Waals surface area (Å²) in [6.45, 7) is 3.43. The summed E-state index contributed by atoms with van der Waals surface area (Å²) in [6, 6.07) is 6.37. The minimum atomic E-state index is -1.04. The van der Waals surface area contributed by atoms with Crippen LogP contribution >= 0.6 is 0 Å². The van der Waals surface area contributed by atoms with Gasteiger partial charge in [-0.05, 0) is 26.0 Å². The number of rotatable bonds is 4. The van der Waals surface area contributed by atoms with E-state index in [4.69, 9.17) is 5.11 Å². The molecule has 0 spiro atoms. The van der Waals surface area contributed by atoms with Gasteiger partial charge in [-0.3, -0.25) is 14.4 Å². The number of nitrogens with one attached hydrogen (secondary N) is 2. The van der Waals surface area contributed by atoms with E-state index in [9.17, 15) is 14.4 Å². The first kappa shape index (κ1) is 14.7. The molecule has 0 bridgehead atoms. The Bertz CT molecular complexity index is 482. The monoisotopic (exact) mass is 264 g/mol. The highest BCUT2D eigenvalue weighted by atomic mass is 16.4. The Morgan fingerprint density at radius 1 is 1.16 bits per heavy atom. The Kier molecular flexibility index (Phi) is 5.05. The molecule has 0 saturated heterocycles. The predicted octanol–water partition coefficient (Wildman–Crippen LogP) is 0.913. The van der Waals surface area contributed by atoms with Crippen molar-refractivity contribution in [2.45, 2.75) is 26.3 Å². The van der Waals surface area contributed by atoms with E-state index in [2.05, 4.69) is 10.6 Å². The lowest BCUT2D eigenvalue weighted by Gasteiger charge is -2.11. The van der Waals surface area contributed by atoms with Crippen molar-refractivity contribution in [2.75, 3.05) is 5.32 Å². The minimum absolute atomic E-state index is 0.233. The van der Waals surface area contributed by atoms with Crippen molar-refractivity contribution < 1.29 is 19.5 Å². The lowest BCUT2D eigenvalue weighted by molar-refractivity contribution is -0.139. The van der Waals surface area contributed by atoms with E-state index in [1.807, 2.05) is 6.92 Å². The molecule has 1 rings (SSSR count). The van der Waals surface area contributed by atoms with E-state index in [-0.39, 0.29) is 6.42 Å². The summed E-state index contributed by atoms with van der Waals surface area (Å²) in [5.41, 5.74) is 1.55. The lowest BCUT2D eigenvalue weighted by Crippen LogP contribution is -2.41. The largest absolute Gasteiger partial charge is 0.481 e. The molecule has 3 N–H and O–H groups in total. The zero-order valence-corrected chi connectivity index (χ0v) is 10.8. The molecule has 0 heterocycles. The quantitative estimate of drug-likeness (QED) is 0.704. The standard InChI is InChI=1S/C13H16N2O4/c1-8-3-5-10(6-4-8)15-13(19)12(18)14-9(2)7-11(16)17/h3-6,9H,7H2,1-2H3,(H,14,18)(H,15,19)(H,16,17). The summed E-state index contributed by atoms with van der Waals surface area (Å²) in [5, 5.41) is 13.3. The van der Waals surface area contributed by atoms with E-state index in [0.29, 0.717) is 5.69 Å². The smallest absolute Gasteiger partial charge is 0.313 e. The summed E-state index contributed by atoms with van der Waals surface area (Å²) in [5.74, 6) is -2.71. The molecule has 6 nitrogen and oxygen atoms in total. The van der Waals surface area contributed by atoms with Gasteiger partial charge in [0.05, 0.1) is 6.42 Å². The highest BCUT2D eigenvalue weighted by Gasteiger charge is 2.17. The van der Waals surface area contributed by atoms with Crippen LogP contribution < -0.4 is 10.6 Å². The van der Waals surface area contributed by atoms with E-state index < -0.39 is 23.8 Å². The molecular weight excluding hydrogens is 248 g/mol. The number of amides is 2. The zero-order chi connectivity index (χ0) is 14.4. The predicted molar refractivity (Wildman–Crippen MR) is 69.7 cm³/mol. The van der Waals surface area contributed by atoms with Crippen LogP contribution in [0.25, 0.3) is 0 Å². The fourth-order valence-corrected chi connectivity index (χ4v) is 1.43. The van der Waals surface area contributed by atoms with Crippen molar-refractivity contribution in [3.8, 4) is 0 Å². The van der Waals surface area contributed by atoms with Gasteiger partial charge in [-0.25, -0.2) is 0 Å². The van der Waals surface area contributed by atoms with E-state index in [0.717, 1.165) is 5.56 Å². The number of aliphatic carboxylic acids is 1. The number of carbonyl (C=O) groups excluding carboxylic acids is 2. The molecule has 1 aromatic rings. The summed E-state index contributed by atoms with van der Waals surface area (Å²) < 4.78 is 0. The minimum Gasteiger partial charge on any atom is -0.481 e. The Morgan fingerprint density at radius 2 is 1.74 bits per heavy atom. The third kappa shape index (κ3) is 5.20. The fraction of sp³-hybridized carbons (Fsp3) is 0.308. The van der Waals surface area contributed by atoms with E-state index in [1.54, 1.807) is 24.3 Å². The van der Waals surface area contributed by atoms with Gasteiger partial charge < -0.3 is 15.7 Å². The average Bonchev–Trinajstić information content (AvgIpc) is 2.30. The molecule has 19 heavy (non-hydrogen) atoms. The maximum atomic E-state index is 11.5. The van der Waals surface area contributed by atoms with Crippen molar-refractivity contribution >= 4 is 23.5 Å². The van der Waals surface area contributed by atoms with Crippen molar-refractivity contribution in [2.24, 2.45) is 0 Å². The Balaban J connectivity index is 2.51. The van der Waals surface area contributed by atoms with Crippen molar-refractivity contribution in [1.29, 1.82) is 0 Å². The van der Waals surface area contributed by atoms with Gasteiger partial charge in [-0.1, -0.05) is 17.7 Å². The van der Waals surface area contributed by atoms with Crippen LogP contribution in [0.2, 0.25) is 0 Å². The summed E-state index contributed by atoms with van der Waals surface area (Å²) >= 11 is 0. The van der Waals surface area contributed by atoms with E-state index in [1.165, 1.54) is 6.92 Å². The summed E-state index contributed by atoms with van der Waals surface area (Å²) in [6.07, 6.45) is -0.233. The van der Waals surface area contributed by atoms with Crippen LogP contribution in [0.4, 0.5) is 5.69 Å². The second-order valence-corrected chi connectivity index (χ2v) is 4.29. The fourth-order valence-electron chi connectivity index (χ4n) is 1.43. The number of aryl methyl sites for hydroxylation is 1. The molecule has 0 aliphatic heterocycles. The maximum absolute atomic E-state index is 11.5. The Morgan fingerprint density at radius 3 is 2.26 bits per heavy atom. The molecule has 0 fully saturated rings. The topological polar surface area (TPSA) is 95.5 Å². The molecule has 0 radical (unpaired) electrons. The SMILES string of the molecule is Cc1ccc(NC(=O)C(=O)NC(C)CC(=O)O)cc1. The first-order valence-electron chi connectivity index (χ1n) is 5.79. The number of hydrogen-bond donors (Lipinski definition) is 3. The van der Waals surface area contributed by atoms with Crippen molar-refractivity contribution in [3.05, 3.63) is 29.8 Å². The van der Waals surface area contributed by atoms with Crippen LogP contribution in [-0.2, 0) is 14.4 Å². The number of anilines is 1. The Hall–Kier alpha value is -2.37. The molecule has 2 amide bonds. The van der Waals surface area contributed by atoms with Crippen LogP contribution in [0.3, 0.4) is 0 Å². The third-order valence-electron chi connectivity index (χ3n) is 2.37. The van der Waals surface area contributed by atoms with Crippen LogP contribution in [0, 0.1) is 6.92 Å². The van der Waals surface area contributed by atoms with Gasteiger partial charge in [0.1, 0.15) is 0 Å². The second-order valence-electron chi connectivity index (χ2n) is 4.29. The van der Waals surface area contributed by atoms with E-state index >= 15 is 0 Å². The highest BCUT2D eigenvalue weighted by Crippen LogP contribution is 2.08. The normalized spacial score (nSPS) is 11.5. The molecule has 1 aromatic carbocycles. The third-order valence-corrected chi connectivity index (χ3v) is 2.37. The maximum Gasteiger partial charge on any atom is 0.313 e. The molecule has 0 aromatic heterocycles. The molecule has 1 atom stereocenters. The molecular formula is C13H16N2O4. The van der Waals surface area contributed by atoms with Gasteiger partial charge in [0, 0.05) is 11.7 Å². The van der Waals surface area contributed by atoms with Gasteiger partial charge in [0.25, 0.3) is 0 Å². The first-order chi connectivity index (χ1) is 8.88. The van der Waals surface area contributed by atoms with Crippen LogP contribution in [0.5, 0.6) is 0 Å². The molecule has 1 unspecified atom stereocenters. The van der Waals surface area contributed by atoms with Crippen LogP contribution in [0.1, 0.15) is 18.9 Å². The second kappa shape index (κ2) is 6.53. The molecule has 0 aliphatic carbocycles. The number of carbonyl (C=O) groups is 3. The number of benzene rings is 1. The van der Waals surface area contributed by atoms with Crippen molar-refractivity contribution in [3.63, 3.8) is 0 Å². The number of carboxylic acid groups (broad SMARTS) is 1.